The summed E-state index contributed by atoms with van der Waals surface area (Å²) in [5.41, 5.74) is 5.41. The number of aromatic amines is 1. The van der Waals surface area contributed by atoms with Crippen LogP contribution in [-0.2, 0) is 6.42 Å². The summed E-state index contributed by atoms with van der Waals surface area (Å²) >= 11 is 6.35. The molecule has 0 spiro atoms. The summed E-state index contributed by atoms with van der Waals surface area (Å²) in [5.74, 6) is 0.454. The standard InChI is InChI=1S/C26H23ClFN3O2/c1-15-3-9-23(21(27)13-15)30-26(32)31-12-11-19-20-14-18(33-2)8-10-22(20)29-24(19)25(31)16-4-6-17(28)7-5-16/h3-10,13-14,25,29H,11-12H2,1-2H3,(H,30,32)/t25-/m1/s1. The minimum absolute atomic E-state index is 0.267. The minimum atomic E-state index is -0.406. The van der Waals surface area contributed by atoms with Crippen molar-refractivity contribution in [1.82, 2.24) is 9.88 Å². The Kier molecular flexibility index (Phi) is 5.46. The third kappa shape index (κ3) is 3.91. The molecule has 0 aliphatic carbocycles. The van der Waals surface area contributed by atoms with Gasteiger partial charge in [0.15, 0.2) is 0 Å². The maximum Gasteiger partial charge on any atom is 0.322 e. The first-order chi connectivity index (χ1) is 15.9. The van der Waals surface area contributed by atoms with Gasteiger partial charge < -0.3 is 19.9 Å². The molecular formula is C26H23ClFN3O2. The first kappa shape index (κ1) is 21.3. The van der Waals surface area contributed by atoms with Crippen LogP contribution in [0.4, 0.5) is 14.9 Å². The average molecular weight is 464 g/mol. The zero-order chi connectivity index (χ0) is 23.1. The first-order valence-electron chi connectivity index (χ1n) is 10.7. The first-order valence-corrected chi connectivity index (χ1v) is 11.1. The maximum atomic E-state index is 13.7. The van der Waals surface area contributed by atoms with E-state index in [9.17, 15) is 9.18 Å². The molecule has 7 heteroatoms. The Morgan fingerprint density at radius 1 is 1.15 bits per heavy atom. The highest BCUT2D eigenvalue weighted by Gasteiger charge is 2.35. The van der Waals surface area contributed by atoms with Crippen molar-refractivity contribution >= 4 is 34.2 Å². The third-order valence-corrected chi connectivity index (χ3v) is 6.46. The SMILES string of the molecule is COc1ccc2[nH]c3c(c2c1)CCN(C(=O)Nc1ccc(C)cc1Cl)[C@@H]3c1ccc(F)cc1. The summed E-state index contributed by atoms with van der Waals surface area (Å²) < 4.78 is 19.1. The summed E-state index contributed by atoms with van der Waals surface area (Å²) in [4.78, 5) is 18.7. The molecule has 1 aromatic heterocycles. The van der Waals surface area contributed by atoms with E-state index in [1.807, 2.05) is 37.3 Å². The summed E-state index contributed by atoms with van der Waals surface area (Å²) in [6.07, 6.45) is 0.676. The van der Waals surface area contributed by atoms with E-state index in [0.717, 1.165) is 39.0 Å². The van der Waals surface area contributed by atoms with Gasteiger partial charge in [-0.3, -0.25) is 0 Å². The molecule has 33 heavy (non-hydrogen) atoms. The third-order valence-electron chi connectivity index (χ3n) is 6.15. The van der Waals surface area contributed by atoms with Crippen LogP contribution in [-0.4, -0.2) is 29.6 Å². The molecular weight excluding hydrogens is 441 g/mol. The lowest BCUT2D eigenvalue weighted by Crippen LogP contribution is -2.43. The number of nitrogens with zero attached hydrogens (tertiary/aromatic N) is 1. The molecule has 2 heterocycles. The van der Waals surface area contributed by atoms with Gasteiger partial charge >= 0.3 is 6.03 Å². The number of methoxy groups -OCH3 is 1. The number of carbonyl (C=O) groups excluding carboxylic acids is 1. The van der Waals surface area contributed by atoms with E-state index < -0.39 is 6.04 Å². The second-order valence-electron chi connectivity index (χ2n) is 8.24. The molecule has 0 fully saturated rings. The smallest absolute Gasteiger partial charge is 0.322 e. The summed E-state index contributed by atoms with van der Waals surface area (Å²) in [7, 11) is 1.64. The van der Waals surface area contributed by atoms with E-state index in [1.54, 1.807) is 30.2 Å². The molecule has 0 bridgehead atoms. The number of hydrogen-bond acceptors (Lipinski definition) is 2. The predicted octanol–water partition coefficient (Wildman–Crippen LogP) is 6.46. The fraction of sp³-hybridized carbons (Fsp3) is 0.192. The van der Waals surface area contributed by atoms with Crippen LogP contribution >= 0.6 is 11.6 Å². The summed E-state index contributed by atoms with van der Waals surface area (Å²) in [6, 6.07) is 17.0. The Morgan fingerprint density at radius 2 is 1.94 bits per heavy atom. The molecule has 1 atom stereocenters. The van der Waals surface area contributed by atoms with Gasteiger partial charge in [-0.2, -0.15) is 0 Å². The quantitative estimate of drug-likeness (QED) is 0.366. The minimum Gasteiger partial charge on any atom is -0.497 e. The van der Waals surface area contributed by atoms with Crippen molar-refractivity contribution in [2.24, 2.45) is 0 Å². The molecule has 0 saturated carbocycles. The molecule has 2 amide bonds. The fourth-order valence-electron chi connectivity index (χ4n) is 4.51. The number of nitrogens with one attached hydrogen (secondary N) is 2. The number of H-pyrrole nitrogens is 1. The van der Waals surface area contributed by atoms with E-state index in [0.29, 0.717) is 23.7 Å². The molecule has 0 saturated heterocycles. The van der Waals surface area contributed by atoms with Crippen LogP contribution in [0.25, 0.3) is 10.9 Å². The maximum absolute atomic E-state index is 13.7. The van der Waals surface area contributed by atoms with Gasteiger partial charge in [0.1, 0.15) is 11.6 Å². The van der Waals surface area contributed by atoms with Gasteiger partial charge in [-0.1, -0.05) is 29.8 Å². The number of amides is 2. The number of hydrogen-bond donors (Lipinski definition) is 2. The van der Waals surface area contributed by atoms with Crippen LogP contribution in [0, 0.1) is 12.7 Å². The van der Waals surface area contributed by atoms with Crippen LogP contribution in [0.15, 0.2) is 60.7 Å². The summed E-state index contributed by atoms with van der Waals surface area (Å²) in [6.45, 7) is 2.44. The average Bonchev–Trinajstić information content (AvgIpc) is 3.18. The fourth-order valence-corrected chi connectivity index (χ4v) is 4.80. The number of aromatic nitrogens is 1. The van der Waals surface area contributed by atoms with Crippen molar-refractivity contribution < 1.29 is 13.9 Å². The monoisotopic (exact) mass is 463 g/mol. The molecule has 5 rings (SSSR count). The van der Waals surface area contributed by atoms with Crippen LogP contribution in [0.1, 0.15) is 28.4 Å². The number of aryl methyl sites for hydroxylation is 1. The van der Waals surface area contributed by atoms with Gasteiger partial charge in [-0.15, -0.1) is 0 Å². The number of benzene rings is 3. The molecule has 0 radical (unpaired) electrons. The number of anilines is 1. The number of rotatable bonds is 3. The number of ether oxygens (including phenoxy) is 1. The number of fused-ring (bicyclic) bond motifs is 3. The van der Waals surface area contributed by atoms with E-state index in [2.05, 4.69) is 10.3 Å². The zero-order valence-electron chi connectivity index (χ0n) is 18.3. The van der Waals surface area contributed by atoms with Crippen molar-refractivity contribution in [2.45, 2.75) is 19.4 Å². The van der Waals surface area contributed by atoms with Crippen molar-refractivity contribution in [2.75, 3.05) is 19.0 Å². The predicted molar refractivity (Wildman–Crippen MR) is 129 cm³/mol. The van der Waals surface area contributed by atoms with Gasteiger partial charge in [0.25, 0.3) is 0 Å². The topological polar surface area (TPSA) is 57.4 Å². The van der Waals surface area contributed by atoms with E-state index in [-0.39, 0.29) is 11.8 Å². The lowest BCUT2D eigenvalue weighted by molar-refractivity contribution is 0.193. The normalized spacial score (nSPS) is 15.4. The van der Waals surface area contributed by atoms with Crippen LogP contribution < -0.4 is 10.1 Å². The molecule has 1 aliphatic rings. The Balaban J connectivity index is 1.58. The van der Waals surface area contributed by atoms with Crippen molar-refractivity contribution in [3.8, 4) is 5.75 Å². The Labute approximate surface area is 196 Å². The highest BCUT2D eigenvalue weighted by atomic mass is 35.5. The van der Waals surface area contributed by atoms with Gasteiger partial charge in [-0.05, 0) is 72.5 Å². The molecule has 4 aromatic rings. The van der Waals surface area contributed by atoms with E-state index >= 15 is 0 Å². The lowest BCUT2D eigenvalue weighted by Gasteiger charge is -2.36. The Hall–Kier alpha value is -3.51. The second-order valence-corrected chi connectivity index (χ2v) is 8.65. The molecule has 0 unspecified atom stereocenters. The van der Waals surface area contributed by atoms with Gasteiger partial charge in [-0.25, -0.2) is 9.18 Å². The van der Waals surface area contributed by atoms with Gasteiger partial charge in [0.2, 0.25) is 0 Å². The summed E-state index contributed by atoms with van der Waals surface area (Å²) in [5, 5.41) is 4.50. The van der Waals surface area contributed by atoms with Gasteiger partial charge in [0.05, 0.1) is 23.9 Å². The van der Waals surface area contributed by atoms with E-state index in [4.69, 9.17) is 16.3 Å². The van der Waals surface area contributed by atoms with Crippen molar-refractivity contribution in [3.63, 3.8) is 0 Å². The van der Waals surface area contributed by atoms with Crippen LogP contribution in [0.3, 0.4) is 0 Å². The lowest BCUT2D eigenvalue weighted by atomic mass is 9.92. The largest absolute Gasteiger partial charge is 0.497 e. The Morgan fingerprint density at radius 3 is 2.67 bits per heavy atom. The highest BCUT2D eigenvalue weighted by molar-refractivity contribution is 6.33. The van der Waals surface area contributed by atoms with Crippen LogP contribution in [0.5, 0.6) is 5.75 Å². The highest BCUT2D eigenvalue weighted by Crippen LogP contribution is 2.40. The molecule has 2 N–H and O–H groups in total. The molecule has 1 aliphatic heterocycles. The second kappa shape index (κ2) is 8.45. The Bertz CT molecular complexity index is 1350. The number of carbonyl (C=O) groups is 1. The van der Waals surface area contributed by atoms with Gasteiger partial charge in [0, 0.05) is 23.1 Å². The van der Waals surface area contributed by atoms with E-state index in [1.165, 1.54) is 12.1 Å². The molecule has 168 valence electrons. The van der Waals surface area contributed by atoms with Crippen LogP contribution in [0.2, 0.25) is 5.02 Å². The van der Waals surface area contributed by atoms with Crippen molar-refractivity contribution in [3.05, 3.63) is 93.9 Å². The molecule has 3 aromatic carbocycles. The molecule has 5 nitrogen and oxygen atoms in total. The zero-order valence-corrected chi connectivity index (χ0v) is 19.0. The number of halogens is 2. The van der Waals surface area contributed by atoms with Crippen molar-refractivity contribution in [1.29, 1.82) is 0 Å². The number of urea groups is 1.